The Morgan fingerprint density at radius 3 is 1.66 bits per heavy atom. The highest BCUT2D eigenvalue weighted by Crippen LogP contribution is 2.32. The Bertz CT molecular complexity index is 2420. The maximum Gasteiger partial charge on any atom is 0.332 e. The molecule has 438 valence electrons. The SMILES string of the molecule is CCC(C)[C@@H]1CC(=O)[C@@H]2CCN(C2)C(=O)[C@H](Cc2ccccc2)N(C)C(=O)C(Cc2ccccc2)NC(=O)[C@H](C(C)C)N(C)C(=O)[C@@H](C(C)CC)OC(=O)[C@H](C(C)(C)O)N(C)C(=O)[C@H](CC(C)C)CC(=O)[C@H](C(C)C)N(C)C1=O. The van der Waals surface area contributed by atoms with E-state index in [0.717, 1.165) is 10.5 Å². The fourth-order valence-electron chi connectivity index (χ4n) is 11.6. The molecule has 0 radical (unpaired) electrons. The number of ether oxygens (including phenoxy) is 1. The molecular weight excluding hydrogens is 1000 g/mol. The third kappa shape index (κ3) is 16.8. The largest absolute Gasteiger partial charge is 0.450 e. The lowest BCUT2D eigenvalue weighted by Crippen LogP contribution is -2.61. The number of hydrogen-bond acceptors (Lipinski definition) is 11. The minimum Gasteiger partial charge on any atom is -0.450 e. The van der Waals surface area contributed by atoms with Crippen molar-refractivity contribution in [3.63, 3.8) is 0 Å². The van der Waals surface area contributed by atoms with E-state index < -0.39 is 113 Å². The molecule has 2 saturated heterocycles. The van der Waals surface area contributed by atoms with Crippen molar-refractivity contribution in [2.24, 2.45) is 47.3 Å². The van der Waals surface area contributed by atoms with Crippen molar-refractivity contribution in [3.05, 3.63) is 71.8 Å². The highest BCUT2D eigenvalue weighted by atomic mass is 16.6. The summed E-state index contributed by atoms with van der Waals surface area (Å²) in [6, 6.07) is 12.2. The fourth-order valence-corrected chi connectivity index (χ4v) is 11.6. The molecular formula is C62H94N6O11. The van der Waals surface area contributed by atoms with E-state index in [4.69, 9.17) is 4.74 Å². The number of carbonyl (C=O) groups excluding carboxylic acids is 9. The molecule has 2 N–H and O–H groups in total. The highest BCUT2D eigenvalue weighted by molar-refractivity contribution is 5.98. The average molecular weight is 1100 g/mol. The summed E-state index contributed by atoms with van der Waals surface area (Å²) in [5, 5.41) is 14.7. The number of fused-ring (bicyclic) bond motifs is 2. The van der Waals surface area contributed by atoms with Crippen molar-refractivity contribution in [1.82, 2.24) is 29.8 Å². The van der Waals surface area contributed by atoms with E-state index in [1.54, 1.807) is 32.7 Å². The van der Waals surface area contributed by atoms with Crippen LogP contribution in [0.1, 0.15) is 133 Å². The molecule has 79 heavy (non-hydrogen) atoms. The van der Waals surface area contributed by atoms with Gasteiger partial charge in [-0.2, -0.15) is 0 Å². The van der Waals surface area contributed by atoms with Crippen LogP contribution in [0.15, 0.2) is 60.7 Å². The number of likely N-dealkylation sites (N-methyl/N-ethyl adjacent to an activating group) is 4. The summed E-state index contributed by atoms with van der Waals surface area (Å²) in [6.07, 6.45) is -0.321. The summed E-state index contributed by atoms with van der Waals surface area (Å²) >= 11 is 0. The number of esters is 1. The summed E-state index contributed by atoms with van der Waals surface area (Å²) in [5.41, 5.74) is -0.444. The second-order valence-electron chi connectivity index (χ2n) is 24.4. The molecule has 0 saturated carbocycles. The Kier molecular flexibility index (Phi) is 24.0. The van der Waals surface area contributed by atoms with E-state index in [0.29, 0.717) is 24.8 Å². The Hall–Kier alpha value is -5.97. The molecule has 2 aliphatic heterocycles. The van der Waals surface area contributed by atoms with Gasteiger partial charge in [0.25, 0.3) is 5.91 Å². The van der Waals surface area contributed by atoms with E-state index in [2.05, 4.69) is 5.32 Å². The van der Waals surface area contributed by atoms with Crippen molar-refractivity contribution in [3.8, 4) is 0 Å². The van der Waals surface area contributed by atoms with Crippen LogP contribution in [0.25, 0.3) is 0 Å². The van der Waals surface area contributed by atoms with Gasteiger partial charge in [-0.1, -0.05) is 136 Å². The molecule has 11 atom stereocenters. The Labute approximate surface area is 470 Å². The maximum atomic E-state index is 15.2. The Morgan fingerprint density at radius 1 is 0.620 bits per heavy atom. The Morgan fingerprint density at radius 2 is 1.15 bits per heavy atom. The van der Waals surface area contributed by atoms with Gasteiger partial charge < -0.3 is 39.7 Å². The number of carbonyl (C=O) groups is 9. The zero-order valence-electron chi connectivity index (χ0n) is 50.2. The van der Waals surface area contributed by atoms with Gasteiger partial charge in [0.2, 0.25) is 29.5 Å². The minimum atomic E-state index is -1.94. The maximum absolute atomic E-state index is 15.2. The number of ketones is 2. The number of nitrogens with zero attached hydrogens (tertiary/aromatic N) is 5. The molecule has 0 aromatic heterocycles. The number of rotatable bonds is 13. The lowest BCUT2D eigenvalue weighted by Gasteiger charge is -2.39. The lowest BCUT2D eigenvalue weighted by molar-refractivity contribution is -0.178. The van der Waals surface area contributed by atoms with Crippen LogP contribution in [0.5, 0.6) is 0 Å². The molecule has 0 spiro atoms. The van der Waals surface area contributed by atoms with E-state index >= 15 is 9.59 Å². The predicted molar refractivity (Wildman–Crippen MR) is 304 cm³/mol. The van der Waals surface area contributed by atoms with Gasteiger partial charge >= 0.3 is 5.97 Å². The Balaban J connectivity index is 1.93. The third-order valence-corrected chi connectivity index (χ3v) is 16.5. The number of aliphatic hydroxyl groups is 1. The van der Waals surface area contributed by atoms with Crippen LogP contribution < -0.4 is 5.32 Å². The van der Waals surface area contributed by atoms with Crippen LogP contribution in [0.4, 0.5) is 0 Å². The first-order valence-corrected chi connectivity index (χ1v) is 28.7. The molecule has 2 aromatic carbocycles. The quantitative estimate of drug-likeness (QED) is 0.209. The van der Waals surface area contributed by atoms with E-state index in [9.17, 15) is 38.7 Å². The van der Waals surface area contributed by atoms with Crippen molar-refractivity contribution >= 4 is 53.0 Å². The lowest BCUT2D eigenvalue weighted by atomic mass is 9.82. The zero-order valence-corrected chi connectivity index (χ0v) is 50.2. The normalized spacial score (nSPS) is 26.7. The van der Waals surface area contributed by atoms with E-state index in [-0.39, 0.29) is 74.5 Å². The minimum absolute atomic E-state index is 0.0256. The second-order valence-corrected chi connectivity index (χ2v) is 24.4. The number of benzene rings is 2. The van der Waals surface area contributed by atoms with Gasteiger partial charge in [0, 0.05) is 90.6 Å². The fraction of sp³-hybridized carbons (Fsp3) is 0.661. The monoisotopic (exact) mass is 1100 g/mol. The molecule has 0 aliphatic carbocycles. The summed E-state index contributed by atoms with van der Waals surface area (Å²) in [5.74, 6) is -9.41. The van der Waals surface area contributed by atoms with Gasteiger partial charge in [-0.25, -0.2) is 4.79 Å². The van der Waals surface area contributed by atoms with E-state index in [1.165, 1.54) is 49.7 Å². The second kappa shape index (κ2) is 29.0. The van der Waals surface area contributed by atoms with Crippen LogP contribution in [-0.4, -0.2) is 166 Å². The first kappa shape index (κ1) is 65.5. The number of Topliss-reactive ketones (excluding diaryl/α,β-unsaturated/α-hetero) is 2. The first-order valence-electron chi connectivity index (χ1n) is 28.7. The average Bonchev–Trinajstić information content (AvgIpc) is 3.93. The molecule has 17 heteroatoms. The van der Waals surface area contributed by atoms with Crippen LogP contribution in [0.2, 0.25) is 0 Å². The van der Waals surface area contributed by atoms with Gasteiger partial charge in [0.05, 0.1) is 11.6 Å². The number of nitrogens with one attached hydrogen (secondary N) is 1. The zero-order chi connectivity index (χ0) is 59.4. The van der Waals surface area contributed by atoms with Crippen molar-refractivity contribution in [2.45, 2.75) is 176 Å². The van der Waals surface area contributed by atoms with Crippen molar-refractivity contribution in [2.75, 3.05) is 41.3 Å². The van der Waals surface area contributed by atoms with Crippen molar-refractivity contribution < 1.29 is 53.0 Å². The summed E-state index contributed by atoms with van der Waals surface area (Å²) in [4.78, 5) is 140. The number of cyclic esters (lactones) is 1. The first-order chi connectivity index (χ1) is 37.0. The van der Waals surface area contributed by atoms with Crippen LogP contribution in [-0.2, 0) is 60.7 Å². The summed E-state index contributed by atoms with van der Waals surface area (Å²) in [6.45, 7) is 21.3. The molecule has 3 unspecified atom stereocenters. The molecule has 2 bridgehead atoms. The molecule has 2 fully saturated rings. The van der Waals surface area contributed by atoms with Crippen LogP contribution in [0, 0.1) is 47.3 Å². The standard InChI is InChI=1S/C62H94N6O11/c1-17-40(9)46-35-49(69)44-29-30-68(36-44)59(75)48(33-43-27-23-20-24-28-43)64(13)58(74)47(32-42-25-21-19-22-26-42)63-55(71)52(39(7)8)66(15)60(76)53(41(10)18-2)79-61(77)54(62(11,12)78)67(16)56(72)45(31-37(3)4)34-50(70)51(38(5)6)65(14)57(46)73/h19-28,37-41,44-48,51-54,78H,17-18,29-36H2,1-16H3,(H,63,71)/t40?,41?,44-,45-,46+,47?,48+,51+,52+,53-,54-/m1/s1. The van der Waals surface area contributed by atoms with Gasteiger partial charge in [0.15, 0.2) is 17.9 Å². The van der Waals surface area contributed by atoms with E-state index in [1.807, 2.05) is 109 Å². The van der Waals surface area contributed by atoms with Gasteiger partial charge in [0.1, 0.15) is 23.9 Å². The smallest absolute Gasteiger partial charge is 0.332 e. The van der Waals surface area contributed by atoms with Crippen LogP contribution in [0.3, 0.4) is 0 Å². The highest BCUT2D eigenvalue weighted by Gasteiger charge is 2.47. The van der Waals surface area contributed by atoms with Gasteiger partial charge in [-0.15, -0.1) is 0 Å². The number of hydrogen-bond donors (Lipinski definition) is 2. The predicted octanol–water partition coefficient (Wildman–Crippen LogP) is 6.41. The molecule has 6 amide bonds. The topological polar surface area (TPSA) is 211 Å². The summed E-state index contributed by atoms with van der Waals surface area (Å²) < 4.78 is 6.12. The third-order valence-electron chi connectivity index (χ3n) is 16.5. The molecule has 2 aliphatic rings. The van der Waals surface area contributed by atoms with Gasteiger partial charge in [-0.05, 0) is 67.9 Å². The number of amides is 6. The van der Waals surface area contributed by atoms with Crippen molar-refractivity contribution in [1.29, 1.82) is 0 Å². The van der Waals surface area contributed by atoms with Crippen LogP contribution >= 0.6 is 0 Å². The molecule has 4 rings (SSSR count). The molecule has 2 heterocycles. The molecule has 17 nitrogen and oxygen atoms in total. The molecule has 2 aromatic rings. The van der Waals surface area contributed by atoms with Gasteiger partial charge in [-0.3, -0.25) is 38.4 Å². The summed E-state index contributed by atoms with van der Waals surface area (Å²) in [7, 11) is 5.86.